The molecule has 160 valence electrons. The Morgan fingerprint density at radius 1 is 0.900 bits per heavy atom. The molecule has 0 aliphatic carbocycles. The van der Waals surface area contributed by atoms with Crippen LogP contribution in [-0.4, -0.2) is 35.0 Å². The fourth-order valence-electron chi connectivity index (χ4n) is 2.86. The van der Waals surface area contributed by atoms with E-state index in [-0.39, 0.29) is 25.9 Å². The third kappa shape index (κ3) is 7.32. The fourth-order valence-corrected chi connectivity index (χ4v) is 2.86. The van der Waals surface area contributed by atoms with Crippen molar-refractivity contribution in [3.8, 4) is 0 Å². The summed E-state index contributed by atoms with van der Waals surface area (Å²) in [6.07, 6.45) is -5.77. The maximum atomic E-state index is 12.6. The van der Waals surface area contributed by atoms with Gasteiger partial charge >= 0.3 is 18.1 Å². The molecule has 9 heteroatoms. The average Bonchev–Trinajstić information content (AvgIpc) is 2.68. The molecule has 0 saturated heterocycles. The van der Waals surface area contributed by atoms with Gasteiger partial charge in [0.1, 0.15) is 6.04 Å². The van der Waals surface area contributed by atoms with Crippen LogP contribution in [0.2, 0.25) is 0 Å². The molecule has 30 heavy (non-hydrogen) atoms. The minimum atomic E-state index is -5.31. The highest BCUT2D eigenvalue weighted by Gasteiger charge is 2.44. The Kier molecular flexibility index (Phi) is 8.11. The monoisotopic (exact) mass is 422 g/mol. The van der Waals surface area contributed by atoms with Gasteiger partial charge in [0.05, 0.1) is 0 Å². The van der Waals surface area contributed by atoms with E-state index < -0.39 is 30.1 Å². The number of primary amides is 1. The van der Waals surface area contributed by atoms with Crippen molar-refractivity contribution in [1.82, 2.24) is 4.90 Å². The zero-order valence-electron chi connectivity index (χ0n) is 16.0. The van der Waals surface area contributed by atoms with E-state index in [1.165, 1.54) is 0 Å². The molecule has 0 radical (unpaired) electrons. The first-order valence-electron chi connectivity index (χ1n) is 9.10. The van der Waals surface area contributed by atoms with Crippen molar-refractivity contribution in [2.45, 2.75) is 38.1 Å². The number of nitrogens with zero attached hydrogens (tertiary/aromatic N) is 1. The van der Waals surface area contributed by atoms with Gasteiger partial charge < -0.3 is 10.5 Å². The largest absolute Gasteiger partial charge is 0.491 e. The highest BCUT2D eigenvalue weighted by atomic mass is 19.4. The molecule has 6 nitrogen and oxygen atoms in total. The van der Waals surface area contributed by atoms with Crippen LogP contribution >= 0.6 is 0 Å². The maximum Gasteiger partial charge on any atom is 0.491 e. The Balaban J connectivity index is 2.32. The van der Waals surface area contributed by atoms with Gasteiger partial charge in [-0.05, 0) is 17.5 Å². The molecule has 0 aliphatic rings. The van der Waals surface area contributed by atoms with E-state index in [9.17, 15) is 27.6 Å². The second kappa shape index (κ2) is 10.5. The van der Waals surface area contributed by atoms with E-state index in [0.717, 1.165) is 11.1 Å². The second-order valence-corrected chi connectivity index (χ2v) is 6.60. The molecular formula is C21H21F3N2O4. The van der Waals surface area contributed by atoms with Crippen molar-refractivity contribution in [2.75, 3.05) is 0 Å². The summed E-state index contributed by atoms with van der Waals surface area (Å²) in [5, 5.41) is 0. The van der Waals surface area contributed by atoms with Gasteiger partial charge in [0.25, 0.3) is 0 Å². The number of hydrogen-bond acceptors (Lipinski definition) is 5. The van der Waals surface area contributed by atoms with E-state index in [2.05, 4.69) is 4.74 Å². The molecule has 2 aromatic rings. The Bertz CT molecular complexity index is 816. The Labute approximate surface area is 171 Å². The van der Waals surface area contributed by atoms with Crippen molar-refractivity contribution in [2.24, 2.45) is 5.73 Å². The van der Waals surface area contributed by atoms with Crippen LogP contribution in [-0.2, 0) is 32.2 Å². The van der Waals surface area contributed by atoms with E-state index in [0.29, 0.717) is 0 Å². The minimum Gasteiger partial charge on any atom is -0.385 e. The van der Waals surface area contributed by atoms with Crippen LogP contribution in [0.3, 0.4) is 0 Å². The zero-order valence-corrected chi connectivity index (χ0v) is 16.0. The van der Waals surface area contributed by atoms with Crippen LogP contribution in [0.15, 0.2) is 60.7 Å². The van der Waals surface area contributed by atoms with Crippen molar-refractivity contribution < 1.29 is 32.3 Å². The van der Waals surface area contributed by atoms with Gasteiger partial charge in [-0.3, -0.25) is 9.69 Å². The van der Waals surface area contributed by atoms with Crippen LogP contribution < -0.4 is 5.73 Å². The van der Waals surface area contributed by atoms with Gasteiger partial charge in [-0.1, -0.05) is 60.7 Å². The molecule has 1 amide bonds. The molecule has 0 aromatic heterocycles. The third-order valence-corrected chi connectivity index (χ3v) is 4.26. The van der Waals surface area contributed by atoms with Gasteiger partial charge in [-0.2, -0.15) is 13.2 Å². The SMILES string of the molecule is NC(=O)CC[C@H](C(=O)OC(=O)C(F)(F)F)N(Cc1ccccc1)Cc1ccccc1. The first-order valence-corrected chi connectivity index (χ1v) is 9.10. The van der Waals surface area contributed by atoms with Gasteiger partial charge in [-0.15, -0.1) is 0 Å². The van der Waals surface area contributed by atoms with E-state index in [1.54, 1.807) is 65.6 Å². The van der Waals surface area contributed by atoms with Gasteiger partial charge in [-0.25, -0.2) is 9.59 Å². The Hall–Kier alpha value is -3.20. The predicted octanol–water partition coefficient (Wildman–Crippen LogP) is 2.96. The van der Waals surface area contributed by atoms with Crippen LogP contribution in [0.25, 0.3) is 0 Å². The molecule has 0 fully saturated rings. The zero-order chi connectivity index (χ0) is 22.1. The highest BCUT2D eigenvalue weighted by molar-refractivity contribution is 5.91. The number of alkyl halides is 3. The summed E-state index contributed by atoms with van der Waals surface area (Å²) < 4.78 is 41.8. The molecule has 0 bridgehead atoms. The minimum absolute atomic E-state index is 0.175. The number of rotatable bonds is 9. The molecule has 0 unspecified atom stereocenters. The number of carbonyl (C=O) groups is 3. The summed E-state index contributed by atoms with van der Waals surface area (Å²) in [4.78, 5) is 36.5. The van der Waals surface area contributed by atoms with Gasteiger partial charge in [0.15, 0.2) is 0 Å². The number of hydrogen-bond donors (Lipinski definition) is 1. The summed E-state index contributed by atoms with van der Waals surface area (Å²) >= 11 is 0. The van der Waals surface area contributed by atoms with Crippen LogP contribution in [0.1, 0.15) is 24.0 Å². The number of halogens is 3. The molecule has 2 aromatic carbocycles. The third-order valence-electron chi connectivity index (χ3n) is 4.26. The van der Waals surface area contributed by atoms with Crippen molar-refractivity contribution in [3.63, 3.8) is 0 Å². The first kappa shape index (κ1) is 23.1. The van der Waals surface area contributed by atoms with E-state index in [4.69, 9.17) is 5.73 Å². The van der Waals surface area contributed by atoms with Gasteiger partial charge in [0, 0.05) is 19.5 Å². The lowest BCUT2D eigenvalue weighted by molar-refractivity contribution is -0.203. The molecule has 0 saturated carbocycles. The number of nitrogens with two attached hydrogens (primary N) is 1. The smallest absolute Gasteiger partial charge is 0.385 e. The lowest BCUT2D eigenvalue weighted by Crippen LogP contribution is -2.44. The van der Waals surface area contributed by atoms with Gasteiger partial charge in [0.2, 0.25) is 5.91 Å². The Morgan fingerprint density at radius 2 is 1.37 bits per heavy atom. The molecule has 2 rings (SSSR count). The van der Waals surface area contributed by atoms with E-state index >= 15 is 0 Å². The quantitative estimate of drug-likeness (QED) is 0.496. The lowest BCUT2D eigenvalue weighted by Gasteiger charge is -2.30. The summed E-state index contributed by atoms with van der Waals surface area (Å²) in [7, 11) is 0. The predicted molar refractivity (Wildman–Crippen MR) is 102 cm³/mol. The van der Waals surface area contributed by atoms with Crippen LogP contribution in [0.5, 0.6) is 0 Å². The van der Waals surface area contributed by atoms with E-state index in [1.807, 2.05) is 0 Å². The lowest BCUT2D eigenvalue weighted by atomic mass is 10.1. The molecule has 0 aliphatic heterocycles. The molecule has 0 heterocycles. The number of ether oxygens (including phenoxy) is 1. The number of esters is 2. The van der Waals surface area contributed by atoms with Crippen molar-refractivity contribution in [3.05, 3.63) is 71.8 Å². The fraction of sp³-hybridized carbons (Fsp3) is 0.286. The van der Waals surface area contributed by atoms with Crippen molar-refractivity contribution in [1.29, 1.82) is 0 Å². The maximum absolute atomic E-state index is 12.6. The van der Waals surface area contributed by atoms with Crippen molar-refractivity contribution >= 4 is 17.8 Å². The average molecular weight is 422 g/mol. The summed E-state index contributed by atoms with van der Waals surface area (Å²) in [6.45, 7) is 0.350. The number of benzene rings is 2. The molecular weight excluding hydrogens is 401 g/mol. The molecule has 0 spiro atoms. The molecule has 2 N–H and O–H groups in total. The highest BCUT2D eigenvalue weighted by Crippen LogP contribution is 2.21. The summed E-state index contributed by atoms with van der Waals surface area (Å²) in [5.74, 6) is -4.71. The number of amides is 1. The van der Waals surface area contributed by atoms with Crippen LogP contribution in [0, 0.1) is 0 Å². The normalized spacial score (nSPS) is 12.4. The standard InChI is InChI=1S/C21H21F3N2O4/c22-21(23,24)20(29)30-19(28)17(11-12-18(25)27)26(13-15-7-3-1-4-8-15)14-16-9-5-2-6-10-16/h1-10,17H,11-14H2,(H2,25,27)/t17-/m1/s1. The second-order valence-electron chi connectivity index (χ2n) is 6.60. The molecule has 1 atom stereocenters. The summed E-state index contributed by atoms with van der Waals surface area (Å²) in [6, 6.07) is 16.6. The van der Waals surface area contributed by atoms with Crippen LogP contribution in [0.4, 0.5) is 13.2 Å². The number of carbonyl (C=O) groups excluding carboxylic acids is 3. The Morgan fingerprint density at radius 3 is 1.77 bits per heavy atom. The first-order chi connectivity index (χ1) is 14.2. The summed E-state index contributed by atoms with van der Waals surface area (Å²) in [5.41, 5.74) is 6.73. The topological polar surface area (TPSA) is 89.7 Å².